The van der Waals surface area contributed by atoms with Gasteiger partial charge in [0.15, 0.2) is 11.2 Å². The predicted octanol–water partition coefficient (Wildman–Crippen LogP) is 7.07. The maximum atomic E-state index is 14.3. The standard InChI is InChI=1S/C39H43N3O6S2/c1-4-23(2)36(45)48-37(3)14-10-25-22-49-50-38(12-6-5-7-13-38)31-11-15-42(31)33(43)17-27-21-41-32(40)18-28(27)35(25)39(37)20-26-16-24-8-9-34(44)46-29(24)19-30(26)47-39/h4,8-10,16,18-19,21,31,35H,5-7,11-15,17,20,22H2,1-3H3,(H2,40,41)/b23-4+/t31-,35-,37-,39-/m1/s1. The van der Waals surface area contributed by atoms with E-state index >= 15 is 0 Å². The van der Waals surface area contributed by atoms with Gasteiger partial charge in [-0.3, -0.25) is 4.79 Å². The van der Waals surface area contributed by atoms with Gasteiger partial charge >= 0.3 is 11.6 Å². The maximum Gasteiger partial charge on any atom is 0.336 e. The summed E-state index contributed by atoms with van der Waals surface area (Å²) in [5.74, 6) is 0.923. The summed E-state index contributed by atoms with van der Waals surface area (Å²) in [6.07, 6.45) is 13.6. The molecule has 2 fully saturated rings. The highest BCUT2D eigenvalue weighted by Gasteiger charge is 2.64. The third kappa shape index (κ3) is 5.38. The molecule has 1 aromatic carbocycles. The minimum absolute atomic E-state index is 0.0266. The Morgan fingerprint density at radius 1 is 1.14 bits per heavy atom. The molecule has 9 nitrogen and oxygen atoms in total. The van der Waals surface area contributed by atoms with E-state index in [4.69, 9.17) is 19.6 Å². The second-order valence-corrected chi connectivity index (χ2v) is 17.5. The minimum Gasteiger partial charge on any atom is -0.481 e. The molecule has 0 unspecified atom stereocenters. The summed E-state index contributed by atoms with van der Waals surface area (Å²) < 4.78 is 19.4. The molecule has 3 aromatic rings. The highest BCUT2D eigenvalue weighted by atomic mass is 33.1. The van der Waals surface area contributed by atoms with Crippen molar-refractivity contribution >= 4 is 50.3 Å². The van der Waals surface area contributed by atoms with E-state index < -0.39 is 28.7 Å². The molecule has 3 aliphatic heterocycles. The zero-order chi connectivity index (χ0) is 34.8. The van der Waals surface area contributed by atoms with Gasteiger partial charge in [0.25, 0.3) is 0 Å². The van der Waals surface area contributed by atoms with Crippen molar-refractivity contribution in [2.45, 2.75) is 106 Å². The van der Waals surface area contributed by atoms with E-state index in [0.29, 0.717) is 35.6 Å². The molecule has 2 spiro atoms. The van der Waals surface area contributed by atoms with Gasteiger partial charge in [-0.2, -0.15) is 0 Å². The average Bonchev–Trinajstić information content (AvgIpc) is 3.44. The molecule has 0 bridgehead atoms. The van der Waals surface area contributed by atoms with Crippen LogP contribution in [0.1, 0.15) is 88.3 Å². The molecule has 2 aromatic heterocycles. The van der Waals surface area contributed by atoms with Crippen molar-refractivity contribution in [1.29, 1.82) is 0 Å². The molecule has 5 heterocycles. The molecular weight excluding hydrogens is 671 g/mol. The predicted molar refractivity (Wildman–Crippen MR) is 197 cm³/mol. The molecule has 4 atom stereocenters. The van der Waals surface area contributed by atoms with Gasteiger partial charge in [-0.1, -0.05) is 58.6 Å². The van der Waals surface area contributed by atoms with Crippen molar-refractivity contribution in [2.24, 2.45) is 0 Å². The molecule has 262 valence electrons. The van der Waals surface area contributed by atoms with Crippen LogP contribution in [0.15, 0.2) is 69.0 Å². The van der Waals surface area contributed by atoms with Crippen LogP contribution < -0.4 is 16.1 Å². The molecule has 50 heavy (non-hydrogen) atoms. The molecule has 0 radical (unpaired) electrons. The molecule has 8 rings (SSSR count). The second-order valence-electron chi connectivity index (χ2n) is 14.8. The van der Waals surface area contributed by atoms with Gasteiger partial charge in [-0.25, -0.2) is 14.6 Å². The van der Waals surface area contributed by atoms with Gasteiger partial charge in [0.05, 0.1) is 12.3 Å². The lowest BCUT2D eigenvalue weighted by molar-refractivity contribution is -0.183. The lowest BCUT2D eigenvalue weighted by Crippen LogP contribution is -2.64. The van der Waals surface area contributed by atoms with Gasteiger partial charge in [-0.15, -0.1) is 0 Å². The molecule has 5 aliphatic rings. The summed E-state index contributed by atoms with van der Waals surface area (Å²) >= 11 is 0. The van der Waals surface area contributed by atoms with Gasteiger partial charge < -0.3 is 24.5 Å². The number of hydrogen-bond donors (Lipinski definition) is 1. The Morgan fingerprint density at radius 2 is 1.96 bits per heavy atom. The van der Waals surface area contributed by atoms with Gasteiger partial charge in [0, 0.05) is 65.2 Å². The Hall–Kier alpha value is -3.70. The first-order valence-corrected chi connectivity index (χ1v) is 20.0. The van der Waals surface area contributed by atoms with Crippen molar-refractivity contribution in [1.82, 2.24) is 9.88 Å². The highest BCUT2D eigenvalue weighted by molar-refractivity contribution is 8.77. The van der Waals surface area contributed by atoms with E-state index in [1.165, 1.54) is 25.3 Å². The summed E-state index contributed by atoms with van der Waals surface area (Å²) in [6, 6.07) is 9.08. The number of carbonyl (C=O) groups is 2. The molecule has 1 saturated heterocycles. The van der Waals surface area contributed by atoms with Gasteiger partial charge in [0.2, 0.25) is 5.91 Å². The monoisotopic (exact) mass is 713 g/mol. The maximum absolute atomic E-state index is 14.3. The first-order chi connectivity index (χ1) is 24.0. The third-order valence-corrected chi connectivity index (χ3v) is 15.2. The Bertz CT molecular complexity index is 2020. The zero-order valence-electron chi connectivity index (χ0n) is 28.8. The number of allylic oxidation sites excluding steroid dienone is 1. The molecule has 11 heteroatoms. The van der Waals surface area contributed by atoms with Crippen molar-refractivity contribution < 1.29 is 23.5 Å². The number of carbonyl (C=O) groups excluding carboxylic acids is 2. The van der Waals surface area contributed by atoms with Crippen LogP contribution in [0.4, 0.5) is 5.82 Å². The second kappa shape index (κ2) is 12.5. The molecular formula is C39H43N3O6S2. The lowest BCUT2D eigenvalue weighted by Gasteiger charge is -2.54. The highest BCUT2D eigenvalue weighted by Crippen LogP contribution is 2.60. The lowest BCUT2D eigenvalue weighted by atomic mass is 9.61. The number of nitrogens with two attached hydrogens (primary N) is 1. The Labute approximate surface area is 299 Å². The first-order valence-electron chi connectivity index (χ1n) is 17.7. The summed E-state index contributed by atoms with van der Waals surface area (Å²) in [4.78, 5) is 46.7. The topological polar surface area (TPSA) is 125 Å². The Balaban J connectivity index is 1.31. The number of esters is 1. The third-order valence-electron chi connectivity index (χ3n) is 11.9. The van der Waals surface area contributed by atoms with Gasteiger partial charge in [-0.05, 0) is 74.9 Å². The summed E-state index contributed by atoms with van der Waals surface area (Å²) in [5, 5.41) is 0.783. The van der Waals surface area contributed by atoms with Crippen LogP contribution in [0, 0.1) is 0 Å². The smallest absolute Gasteiger partial charge is 0.336 e. The number of amides is 1. The summed E-state index contributed by atoms with van der Waals surface area (Å²) in [6.45, 7) is 6.30. The SMILES string of the molecule is C/C=C(\C)C(=O)O[C@]1(C)CC=C2CSSC3(CCCCC3)[C@H]3CCN3C(=O)Cc3cnc(N)cc3[C@@H]2[C@]12Cc1cc3ccc(=O)oc3cc1O2. The quantitative estimate of drug-likeness (QED) is 0.0970. The number of nitrogen functional groups attached to an aromatic ring is 1. The fourth-order valence-corrected chi connectivity index (χ4v) is 12.6. The number of anilines is 1. The number of nitrogens with zero attached hydrogens (tertiary/aromatic N) is 2. The van der Waals surface area contributed by atoms with Crippen LogP contribution >= 0.6 is 21.6 Å². The van der Waals surface area contributed by atoms with Crippen molar-refractivity contribution in [2.75, 3.05) is 18.0 Å². The number of hydrogen-bond acceptors (Lipinski definition) is 10. The van der Waals surface area contributed by atoms with Crippen LogP contribution in [-0.2, 0) is 27.2 Å². The van der Waals surface area contributed by atoms with Crippen LogP contribution in [0.3, 0.4) is 0 Å². The molecule has 2 aliphatic carbocycles. The van der Waals surface area contributed by atoms with E-state index in [2.05, 4.69) is 16.0 Å². The summed E-state index contributed by atoms with van der Waals surface area (Å²) in [7, 11) is 3.84. The van der Waals surface area contributed by atoms with E-state index in [0.717, 1.165) is 59.2 Å². The van der Waals surface area contributed by atoms with E-state index in [1.807, 2.05) is 47.6 Å². The Kier molecular flexibility index (Phi) is 8.37. The fourth-order valence-electron chi connectivity index (χ4n) is 8.96. The van der Waals surface area contributed by atoms with E-state index in [-0.39, 0.29) is 23.1 Å². The van der Waals surface area contributed by atoms with E-state index in [9.17, 15) is 14.4 Å². The van der Waals surface area contributed by atoms with Crippen LogP contribution in [-0.4, -0.2) is 56.0 Å². The minimum atomic E-state index is -1.13. The average molecular weight is 714 g/mol. The zero-order valence-corrected chi connectivity index (χ0v) is 30.4. The first kappa shape index (κ1) is 33.4. The van der Waals surface area contributed by atoms with Gasteiger partial charge in [0.1, 0.15) is 17.2 Å². The fraction of sp³-hybridized carbons (Fsp3) is 0.487. The largest absolute Gasteiger partial charge is 0.481 e. The molecule has 1 amide bonds. The number of rotatable bonds is 2. The number of fused-ring (bicyclic) bond motifs is 8. The normalized spacial score (nSPS) is 29.0. The number of benzene rings is 1. The Morgan fingerprint density at radius 3 is 2.72 bits per heavy atom. The summed E-state index contributed by atoms with van der Waals surface area (Å²) in [5.41, 5.74) is 8.44. The van der Waals surface area contributed by atoms with Crippen molar-refractivity contribution in [3.05, 3.63) is 86.9 Å². The molecule has 2 N–H and O–H groups in total. The van der Waals surface area contributed by atoms with E-state index in [1.54, 1.807) is 31.3 Å². The number of ether oxygens (including phenoxy) is 2. The van der Waals surface area contributed by atoms with Crippen molar-refractivity contribution in [3.8, 4) is 5.75 Å². The number of aromatic nitrogens is 1. The molecule has 1 saturated carbocycles. The van der Waals surface area contributed by atoms with Crippen molar-refractivity contribution in [3.63, 3.8) is 0 Å². The van der Waals surface area contributed by atoms with Crippen LogP contribution in [0.25, 0.3) is 11.0 Å². The van der Waals surface area contributed by atoms with Crippen LogP contribution in [0.5, 0.6) is 5.75 Å². The number of pyridine rings is 1. The van der Waals surface area contributed by atoms with Crippen LogP contribution in [0.2, 0.25) is 0 Å².